The lowest BCUT2D eigenvalue weighted by molar-refractivity contribution is 0.150. The molecule has 126 valence electrons. The zero-order valence-electron chi connectivity index (χ0n) is 14.0. The molecule has 24 heavy (non-hydrogen) atoms. The standard InChI is InChI=1S/C17H21N5O2/c1-17(2)13-14(20-9-21-16(13)19)11-5-4-10(23-3)8-12(11)15(17)22-24-7-6-18/h4-5,8-9H,6-7,18H2,1-3H3,(H2,19,20,21)/b22-15+. The number of oxime groups is 1. The highest BCUT2D eigenvalue weighted by Crippen LogP contribution is 2.45. The third kappa shape index (κ3) is 2.46. The summed E-state index contributed by atoms with van der Waals surface area (Å²) in [6.07, 6.45) is 1.48. The number of nitrogens with two attached hydrogens (primary N) is 2. The number of hydrogen-bond donors (Lipinski definition) is 2. The van der Waals surface area contributed by atoms with E-state index in [9.17, 15) is 0 Å². The second kappa shape index (κ2) is 6.09. The molecular weight excluding hydrogens is 306 g/mol. The third-order valence-corrected chi connectivity index (χ3v) is 4.20. The lowest BCUT2D eigenvalue weighted by Gasteiger charge is -2.34. The fraction of sp³-hybridized carbons (Fsp3) is 0.353. The van der Waals surface area contributed by atoms with Crippen LogP contribution in [0.1, 0.15) is 25.0 Å². The molecule has 0 saturated carbocycles. The van der Waals surface area contributed by atoms with Gasteiger partial charge in [0, 0.05) is 28.7 Å². The molecule has 0 radical (unpaired) electrons. The molecule has 1 heterocycles. The Kier molecular flexibility index (Phi) is 4.11. The van der Waals surface area contributed by atoms with Gasteiger partial charge in [0.25, 0.3) is 0 Å². The van der Waals surface area contributed by atoms with Gasteiger partial charge >= 0.3 is 0 Å². The van der Waals surface area contributed by atoms with Gasteiger partial charge in [0.05, 0.1) is 18.5 Å². The summed E-state index contributed by atoms with van der Waals surface area (Å²) < 4.78 is 5.36. The minimum absolute atomic E-state index is 0.340. The van der Waals surface area contributed by atoms with Crippen LogP contribution in [0.25, 0.3) is 11.3 Å². The van der Waals surface area contributed by atoms with Gasteiger partial charge < -0.3 is 21.0 Å². The molecule has 7 heteroatoms. The van der Waals surface area contributed by atoms with E-state index in [4.69, 9.17) is 21.0 Å². The van der Waals surface area contributed by atoms with Gasteiger partial charge in [0.1, 0.15) is 24.5 Å². The van der Waals surface area contributed by atoms with E-state index in [1.807, 2.05) is 32.0 Å². The summed E-state index contributed by atoms with van der Waals surface area (Å²) in [5.74, 6) is 1.18. The average molecular weight is 327 g/mol. The summed E-state index contributed by atoms with van der Waals surface area (Å²) >= 11 is 0. The van der Waals surface area contributed by atoms with Crippen molar-refractivity contribution in [1.29, 1.82) is 0 Å². The van der Waals surface area contributed by atoms with Crippen molar-refractivity contribution in [1.82, 2.24) is 9.97 Å². The van der Waals surface area contributed by atoms with Crippen LogP contribution in [0.5, 0.6) is 5.75 Å². The number of benzene rings is 1. The van der Waals surface area contributed by atoms with Crippen LogP contribution in [-0.2, 0) is 10.3 Å². The zero-order valence-corrected chi connectivity index (χ0v) is 14.0. The zero-order chi connectivity index (χ0) is 17.3. The molecule has 7 nitrogen and oxygen atoms in total. The van der Waals surface area contributed by atoms with Crippen LogP contribution in [0.4, 0.5) is 5.82 Å². The predicted molar refractivity (Wildman–Crippen MR) is 93.0 cm³/mol. The Hall–Kier alpha value is -2.67. The monoisotopic (exact) mass is 327 g/mol. The van der Waals surface area contributed by atoms with Gasteiger partial charge in [-0.2, -0.15) is 0 Å². The van der Waals surface area contributed by atoms with Crippen molar-refractivity contribution in [3.8, 4) is 17.0 Å². The van der Waals surface area contributed by atoms with Gasteiger partial charge in [-0.05, 0) is 32.0 Å². The van der Waals surface area contributed by atoms with E-state index in [1.54, 1.807) is 7.11 Å². The quantitative estimate of drug-likeness (QED) is 0.653. The number of anilines is 1. The molecule has 0 bridgehead atoms. The van der Waals surface area contributed by atoms with E-state index in [0.29, 0.717) is 19.0 Å². The van der Waals surface area contributed by atoms with E-state index < -0.39 is 5.41 Å². The Bertz CT molecular complexity index is 802. The topological polar surface area (TPSA) is 109 Å². The van der Waals surface area contributed by atoms with E-state index in [-0.39, 0.29) is 0 Å². The fourth-order valence-corrected chi connectivity index (χ4v) is 3.05. The van der Waals surface area contributed by atoms with E-state index in [0.717, 1.165) is 33.8 Å². The van der Waals surface area contributed by atoms with E-state index in [2.05, 4.69) is 15.1 Å². The molecule has 0 aliphatic heterocycles. The molecule has 0 atom stereocenters. The highest BCUT2D eigenvalue weighted by Gasteiger charge is 2.40. The van der Waals surface area contributed by atoms with Gasteiger partial charge in [-0.25, -0.2) is 9.97 Å². The summed E-state index contributed by atoms with van der Waals surface area (Å²) in [6, 6.07) is 5.77. The van der Waals surface area contributed by atoms with Crippen LogP contribution in [0.2, 0.25) is 0 Å². The van der Waals surface area contributed by atoms with Crippen LogP contribution < -0.4 is 16.2 Å². The summed E-state index contributed by atoms with van der Waals surface area (Å²) in [6.45, 7) is 4.79. The number of ether oxygens (including phenoxy) is 1. The molecule has 3 rings (SSSR count). The molecule has 0 saturated heterocycles. The largest absolute Gasteiger partial charge is 0.497 e. The Morgan fingerprint density at radius 2 is 2.00 bits per heavy atom. The molecule has 0 amide bonds. The fourth-order valence-electron chi connectivity index (χ4n) is 3.05. The second-order valence-corrected chi connectivity index (χ2v) is 6.08. The first-order valence-electron chi connectivity index (χ1n) is 7.71. The normalized spacial score (nSPS) is 16.4. The van der Waals surface area contributed by atoms with Crippen molar-refractivity contribution < 1.29 is 9.57 Å². The minimum Gasteiger partial charge on any atom is -0.497 e. The molecule has 0 fully saturated rings. The first-order chi connectivity index (χ1) is 11.5. The van der Waals surface area contributed by atoms with Crippen LogP contribution in [0, 0.1) is 0 Å². The number of rotatable bonds is 4. The third-order valence-electron chi connectivity index (χ3n) is 4.20. The molecule has 4 N–H and O–H groups in total. The molecule has 1 aromatic heterocycles. The van der Waals surface area contributed by atoms with Gasteiger partial charge in [0.15, 0.2) is 0 Å². The number of hydrogen-bond acceptors (Lipinski definition) is 7. The number of nitrogen functional groups attached to an aromatic ring is 1. The van der Waals surface area contributed by atoms with Crippen molar-refractivity contribution in [3.63, 3.8) is 0 Å². The number of nitrogens with zero attached hydrogens (tertiary/aromatic N) is 3. The maximum Gasteiger partial charge on any atom is 0.131 e. The first-order valence-corrected chi connectivity index (χ1v) is 7.71. The molecule has 0 unspecified atom stereocenters. The van der Waals surface area contributed by atoms with Crippen LogP contribution >= 0.6 is 0 Å². The Morgan fingerprint density at radius 1 is 1.21 bits per heavy atom. The number of aromatic nitrogens is 2. The SMILES string of the molecule is COc1ccc2c(c1)/C(=N\OCCN)C(C)(C)c1c(N)ncnc1-2. The van der Waals surface area contributed by atoms with Gasteiger partial charge in [-0.1, -0.05) is 5.16 Å². The molecule has 1 aliphatic rings. The minimum atomic E-state index is -0.519. The van der Waals surface area contributed by atoms with Gasteiger partial charge in [0.2, 0.25) is 0 Å². The van der Waals surface area contributed by atoms with Crippen molar-refractivity contribution in [2.75, 3.05) is 26.0 Å². The maximum absolute atomic E-state index is 6.16. The van der Waals surface area contributed by atoms with Crippen molar-refractivity contribution >= 4 is 11.5 Å². The number of fused-ring (bicyclic) bond motifs is 3. The lowest BCUT2D eigenvalue weighted by atomic mass is 9.70. The lowest BCUT2D eigenvalue weighted by Crippen LogP contribution is -2.36. The van der Waals surface area contributed by atoms with Crippen LogP contribution in [0.15, 0.2) is 29.7 Å². The molecule has 0 spiro atoms. The van der Waals surface area contributed by atoms with Crippen LogP contribution in [-0.4, -0.2) is 35.9 Å². The number of methoxy groups -OCH3 is 1. The van der Waals surface area contributed by atoms with Crippen molar-refractivity contribution in [3.05, 3.63) is 35.7 Å². The Morgan fingerprint density at radius 3 is 2.71 bits per heavy atom. The summed E-state index contributed by atoms with van der Waals surface area (Å²) in [7, 11) is 1.63. The van der Waals surface area contributed by atoms with Crippen molar-refractivity contribution in [2.24, 2.45) is 10.9 Å². The predicted octanol–water partition coefficient (Wildman–Crippen LogP) is 1.70. The van der Waals surface area contributed by atoms with Gasteiger partial charge in [-0.3, -0.25) is 0 Å². The van der Waals surface area contributed by atoms with Gasteiger partial charge in [-0.15, -0.1) is 0 Å². The summed E-state index contributed by atoms with van der Waals surface area (Å²) in [5, 5.41) is 4.35. The van der Waals surface area contributed by atoms with E-state index in [1.165, 1.54) is 6.33 Å². The van der Waals surface area contributed by atoms with E-state index >= 15 is 0 Å². The average Bonchev–Trinajstić information content (AvgIpc) is 2.57. The van der Waals surface area contributed by atoms with Crippen LogP contribution in [0.3, 0.4) is 0 Å². The summed E-state index contributed by atoms with van der Waals surface area (Å²) in [4.78, 5) is 14.0. The Balaban J connectivity index is 2.29. The Labute approximate surface area is 140 Å². The molecule has 2 aromatic rings. The smallest absolute Gasteiger partial charge is 0.131 e. The summed E-state index contributed by atoms with van der Waals surface area (Å²) in [5.41, 5.74) is 15.4. The molecule has 1 aliphatic carbocycles. The van der Waals surface area contributed by atoms with Crippen molar-refractivity contribution in [2.45, 2.75) is 19.3 Å². The second-order valence-electron chi connectivity index (χ2n) is 6.08. The maximum atomic E-state index is 6.16. The highest BCUT2D eigenvalue weighted by molar-refractivity contribution is 6.15. The molecule has 1 aromatic carbocycles. The highest BCUT2D eigenvalue weighted by atomic mass is 16.6. The first kappa shape index (κ1) is 16.2. The molecular formula is C17H21N5O2.